The zero-order valence-electron chi connectivity index (χ0n) is 17.3. The lowest BCUT2D eigenvalue weighted by molar-refractivity contribution is -0.125. The maximum Gasteiger partial charge on any atom is 0.405 e. The van der Waals surface area contributed by atoms with Crippen LogP contribution in [-0.4, -0.2) is 47.4 Å². The van der Waals surface area contributed by atoms with Crippen LogP contribution in [0.25, 0.3) is 0 Å². The number of carboxylic acid groups (broad SMARTS) is 2. The van der Waals surface area contributed by atoms with Crippen LogP contribution in [0.2, 0.25) is 0 Å². The summed E-state index contributed by atoms with van der Waals surface area (Å²) in [7, 11) is 0. The predicted molar refractivity (Wildman–Crippen MR) is 117 cm³/mol. The Kier molecular flexibility index (Phi) is 9.87. The van der Waals surface area contributed by atoms with Gasteiger partial charge in [-0.3, -0.25) is 4.79 Å². The normalized spacial score (nSPS) is 11.5. The molecule has 3 amide bonds. The van der Waals surface area contributed by atoms with E-state index in [-0.39, 0.29) is 24.9 Å². The zero-order chi connectivity index (χ0) is 22.5. The van der Waals surface area contributed by atoms with Gasteiger partial charge in [0.25, 0.3) is 0 Å². The van der Waals surface area contributed by atoms with Crippen molar-refractivity contribution in [2.75, 3.05) is 13.1 Å². The first-order chi connectivity index (χ1) is 14.9. The molecule has 0 aliphatic carbocycles. The number of nitrogens with one attached hydrogen (secondary N) is 3. The minimum atomic E-state index is -1.28. The molecule has 166 valence electrons. The number of benzene rings is 2. The van der Waals surface area contributed by atoms with E-state index in [1.165, 1.54) is 0 Å². The topological polar surface area (TPSA) is 128 Å². The lowest BCUT2D eigenvalue weighted by atomic mass is 9.92. The van der Waals surface area contributed by atoms with E-state index in [0.29, 0.717) is 12.8 Å². The van der Waals surface area contributed by atoms with Crippen molar-refractivity contribution >= 4 is 18.1 Å². The number of hydrogen-bond acceptors (Lipinski definition) is 3. The van der Waals surface area contributed by atoms with Gasteiger partial charge in [0.15, 0.2) is 0 Å². The third-order valence-electron chi connectivity index (χ3n) is 4.97. The second-order valence-electron chi connectivity index (χ2n) is 7.32. The van der Waals surface area contributed by atoms with Crippen molar-refractivity contribution in [1.82, 2.24) is 16.0 Å². The Hall–Kier alpha value is -3.55. The fourth-order valence-electron chi connectivity index (χ4n) is 3.31. The molecule has 0 saturated carbocycles. The largest absolute Gasteiger partial charge is 0.465 e. The van der Waals surface area contributed by atoms with Gasteiger partial charge in [0.2, 0.25) is 5.91 Å². The van der Waals surface area contributed by atoms with E-state index in [9.17, 15) is 14.4 Å². The smallest absolute Gasteiger partial charge is 0.405 e. The molecule has 0 fully saturated rings. The van der Waals surface area contributed by atoms with E-state index >= 15 is 0 Å². The number of aryl methyl sites for hydroxylation is 2. The summed E-state index contributed by atoms with van der Waals surface area (Å²) in [5.74, 6) is -0.419. The van der Waals surface area contributed by atoms with Gasteiger partial charge in [-0.1, -0.05) is 60.7 Å². The molecule has 5 N–H and O–H groups in total. The van der Waals surface area contributed by atoms with Crippen LogP contribution in [0.1, 0.15) is 24.0 Å². The SMILES string of the molecule is O=C(O)NC[C@@H](CNC(=O)C(CCc1ccccc1)CCc1ccccc1)NC(=O)O. The predicted octanol–water partition coefficient (Wildman–Crippen LogP) is 2.89. The summed E-state index contributed by atoms with van der Waals surface area (Å²) >= 11 is 0. The quantitative estimate of drug-likeness (QED) is 0.356. The van der Waals surface area contributed by atoms with Gasteiger partial charge in [0, 0.05) is 19.0 Å². The van der Waals surface area contributed by atoms with Gasteiger partial charge >= 0.3 is 12.2 Å². The summed E-state index contributed by atoms with van der Waals surface area (Å²) in [6.45, 7) is -0.140. The van der Waals surface area contributed by atoms with Gasteiger partial charge in [-0.05, 0) is 36.8 Å². The Labute approximate surface area is 181 Å². The molecule has 0 spiro atoms. The Bertz CT molecular complexity index is 786. The summed E-state index contributed by atoms with van der Waals surface area (Å²) in [6, 6.07) is 19.1. The third-order valence-corrected chi connectivity index (χ3v) is 4.97. The van der Waals surface area contributed by atoms with Crippen LogP contribution in [0.4, 0.5) is 9.59 Å². The summed E-state index contributed by atoms with van der Waals surface area (Å²) < 4.78 is 0. The Morgan fingerprint density at radius 3 is 1.65 bits per heavy atom. The molecule has 1 atom stereocenters. The lowest BCUT2D eigenvalue weighted by Gasteiger charge is -2.21. The first kappa shape index (κ1) is 23.7. The van der Waals surface area contributed by atoms with Crippen molar-refractivity contribution in [3.8, 4) is 0 Å². The highest BCUT2D eigenvalue weighted by molar-refractivity contribution is 5.78. The number of amides is 3. The van der Waals surface area contributed by atoms with Gasteiger partial charge in [0.05, 0.1) is 6.04 Å². The van der Waals surface area contributed by atoms with Gasteiger partial charge in [-0.2, -0.15) is 0 Å². The number of carbonyl (C=O) groups is 3. The number of hydrogen-bond donors (Lipinski definition) is 5. The molecule has 2 aromatic rings. The van der Waals surface area contributed by atoms with Crippen molar-refractivity contribution in [2.45, 2.75) is 31.7 Å². The fourth-order valence-corrected chi connectivity index (χ4v) is 3.31. The maximum atomic E-state index is 12.9. The molecule has 31 heavy (non-hydrogen) atoms. The van der Waals surface area contributed by atoms with Gasteiger partial charge in [-0.15, -0.1) is 0 Å². The molecule has 0 heterocycles. The van der Waals surface area contributed by atoms with Gasteiger partial charge in [-0.25, -0.2) is 9.59 Å². The molecule has 0 bridgehead atoms. The molecular weight excluding hydrogens is 398 g/mol. The van der Waals surface area contributed by atoms with Crippen molar-refractivity contribution in [3.05, 3.63) is 71.8 Å². The third kappa shape index (κ3) is 9.66. The Morgan fingerprint density at radius 1 is 0.710 bits per heavy atom. The van der Waals surface area contributed by atoms with Crippen LogP contribution in [0.3, 0.4) is 0 Å². The minimum Gasteiger partial charge on any atom is -0.465 e. The molecule has 0 radical (unpaired) electrons. The first-order valence-corrected chi connectivity index (χ1v) is 10.3. The molecule has 0 aliphatic heterocycles. The van der Waals surface area contributed by atoms with Crippen LogP contribution < -0.4 is 16.0 Å². The molecule has 0 saturated heterocycles. The second-order valence-corrected chi connectivity index (χ2v) is 7.32. The highest BCUT2D eigenvalue weighted by Gasteiger charge is 2.21. The summed E-state index contributed by atoms with van der Waals surface area (Å²) in [6.07, 6.45) is 0.291. The molecule has 2 rings (SSSR count). The first-order valence-electron chi connectivity index (χ1n) is 10.3. The molecule has 8 nitrogen and oxygen atoms in total. The second kappa shape index (κ2) is 12.9. The number of rotatable bonds is 12. The van der Waals surface area contributed by atoms with Gasteiger partial charge in [0.1, 0.15) is 0 Å². The zero-order valence-corrected chi connectivity index (χ0v) is 17.3. The number of carbonyl (C=O) groups excluding carboxylic acids is 1. The average molecular weight is 428 g/mol. The van der Waals surface area contributed by atoms with E-state index in [4.69, 9.17) is 10.2 Å². The standard InChI is InChI=1S/C23H29N3O5/c27-21(24-15-20(26-23(30)31)16-25-22(28)29)19(13-11-17-7-3-1-4-8-17)14-12-18-9-5-2-6-10-18/h1-10,19-20,25-26H,11-16H2,(H,24,27)(H,28,29)(H,30,31)/t20-/m1/s1. The minimum absolute atomic E-state index is 0.00140. The van der Waals surface area contributed by atoms with Crippen LogP contribution in [0, 0.1) is 5.92 Å². The van der Waals surface area contributed by atoms with E-state index in [1.54, 1.807) is 0 Å². The summed E-state index contributed by atoms with van der Waals surface area (Å²) in [4.78, 5) is 34.5. The Morgan fingerprint density at radius 2 is 1.19 bits per heavy atom. The van der Waals surface area contributed by atoms with Crippen molar-refractivity contribution in [3.63, 3.8) is 0 Å². The monoisotopic (exact) mass is 427 g/mol. The highest BCUT2D eigenvalue weighted by Crippen LogP contribution is 2.17. The molecule has 2 aromatic carbocycles. The van der Waals surface area contributed by atoms with Crippen LogP contribution in [0.5, 0.6) is 0 Å². The molecule has 0 unspecified atom stereocenters. The van der Waals surface area contributed by atoms with Crippen LogP contribution in [-0.2, 0) is 17.6 Å². The van der Waals surface area contributed by atoms with Crippen molar-refractivity contribution in [2.24, 2.45) is 5.92 Å². The maximum absolute atomic E-state index is 12.9. The fraction of sp³-hybridized carbons (Fsp3) is 0.348. The molecular formula is C23H29N3O5. The molecule has 0 aliphatic rings. The highest BCUT2D eigenvalue weighted by atomic mass is 16.4. The van der Waals surface area contributed by atoms with Crippen molar-refractivity contribution < 1.29 is 24.6 Å². The lowest BCUT2D eigenvalue weighted by Crippen LogP contribution is -2.50. The van der Waals surface area contributed by atoms with Crippen LogP contribution in [0.15, 0.2) is 60.7 Å². The molecule has 8 heteroatoms. The van der Waals surface area contributed by atoms with Gasteiger partial charge < -0.3 is 26.2 Å². The Balaban J connectivity index is 1.97. The van der Waals surface area contributed by atoms with E-state index in [0.717, 1.165) is 24.0 Å². The summed E-state index contributed by atoms with van der Waals surface area (Å²) in [5, 5.41) is 24.8. The van der Waals surface area contributed by atoms with E-state index in [2.05, 4.69) is 16.0 Å². The van der Waals surface area contributed by atoms with E-state index in [1.807, 2.05) is 60.7 Å². The summed E-state index contributed by atoms with van der Waals surface area (Å²) in [5.41, 5.74) is 2.30. The average Bonchev–Trinajstić information content (AvgIpc) is 2.76. The molecule has 0 aromatic heterocycles. The van der Waals surface area contributed by atoms with E-state index < -0.39 is 18.2 Å². The van der Waals surface area contributed by atoms with Crippen LogP contribution >= 0.6 is 0 Å². The van der Waals surface area contributed by atoms with Crippen molar-refractivity contribution in [1.29, 1.82) is 0 Å².